The van der Waals surface area contributed by atoms with Crippen LogP contribution in [-0.4, -0.2) is 29.2 Å². The number of nitrogens with zero attached hydrogens (tertiary/aromatic N) is 1. The van der Waals surface area contributed by atoms with Gasteiger partial charge in [-0.25, -0.2) is 4.39 Å². The van der Waals surface area contributed by atoms with Crippen LogP contribution in [0.25, 0.3) is 0 Å². The van der Waals surface area contributed by atoms with E-state index < -0.39 is 5.83 Å². The van der Waals surface area contributed by atoms with Gasteiger partial charge in [-0.2, -0.15) is 5.10 Å². The molecule has 0 unspecified atom stereocenters. The molecule has 132 valence electrons. The molecule has 24 heavy (non-hydrogen) atoms. The van der Waals surface area contributed by atoms with Crippen LogP contribution < -0.4 is 10.6 Å². The number of halogens is 1. The first-order valence-corrected chi connectivity index (χ1v) is 8.24. The highest BCUT2D eigenvalue weighted by molar-refractivity contribution is 5.97. The lowest BCUT2D eigenvalue weighted by Crippen LogP contribution is -2.25. The van der Waals surface area contributed by atoms with E-state index in [1.165, 1.54) is 38.2 Å². The molecule has 1 amide bonds. The Labute approximate surface area is 143 Å². The predicted molar refractivity (Wildman–Crippen MR) is 96.7 cm³/mol. The Kier molecular flexibility index (Phi) is 9.19. The maximum absolute atomic E-state index is 11.7. The number of allylic oxidation sites excluding steroid dienone is 5. The van der Waals surface area contributed by atoms with Crippen LogP contribution in [0.4, 0.5) is 10.1 Å². The minimum absolute atomic E-state index is 0.129. The summed E-state index contributed by atoms with van der Waals surface area (Å²) >= 11 is 0. The molecule has 1 aliphatic rings. The monoisotopic (exact) mass is 334 g/mol. The Balaban J connectivity index is 0.000000307. The second kappa shape index (κ2) is 11.2. The molecule has 0 spiro atoms. The molecule has 0 radical (unpaired) electrons. The summed E-state index contributed by atoms with van der Waals surface area (Å²) in [7, 11) is 1.62. The van der Waals surface area contributed by atoms with Crippen molar-refractivity contribution in [1.29, 1.82) is 0 Å². The van der Waals surface area contributed by atoms with E-state index in [2.05, 4.69) is 27.4 Å². The number of aromatic amines is 1. The van der Waals surface area contributed by atoms with Crippen molar-refractivity contribution in [2.24, 2.45) is 0 Å². The molecule has 1 heterocycles. The molecule has 1 aromatic rings. The number of anilines is 1. The summed E-state index contributed by atoms with van der Waals surface area (Å²) in [6, 6.07) is 0.481. The lowest BCUT2D eigenvalue weighted by atomic mass is 9.95. The van der Waals surface area contributed by atoms with Crippen LogP contribution in [0.5, 0.6) is 0 Å². The van der Waals surface area contributed by atoms with E-state index in [1.807, 2.05) is 13.0 Å². The molecule has 1 aliphatic carbocycles. The third kappa shape index (κ3) is 7.26. The van der Waals surface area contributed by atoms with Gasteiger partial charge in [0.05, 0.1) is 11.9 Å². The number of nitrogens with one attached hydrogen (secondary N) is 3. The molecule has 0 aromatic carbocycles. The fourth-order valence-electron chi connectivity index (χ4n) is 2.43. The number of carbonyl (C=O) groups excluding carboxylic acids is 1. The number of H-pyrrole nitrogens is 1. The molecule has 0 bridgehead atoms. The summed E-state index contributed by atoms with van der Waals surface area (Å²) in [5.41, 5.74) is 1.33. The first kappa shape index (κ1) is 19.7. The number of rotatable bonds is 5. The highest BCUT2D eigenvalue weighted by Crippen LogP contribution is 2.22. The summed E-state index contributed by atoms with van der Waals surface area (Å²) in [6.45, 7) is 4.91. The standard InChI is InChI=1S/C11H18N4O.C7H9F/c1-12-11(16)10-9(7-13-15-10)14-8-5-3-2-4-6-8;1-3-4-5-6-7(2)8/h7-8,14H,2-6H2,1H3,(H,12,16)(H,13,15);3-6H,2H2,1H3/b;4-3-,6-5-. The smallest absolute Gasteiger partial charge is 0.271 e. The van der Waals surface area contributed by atoms with Crippen molar-refractivity contribution < 1.29 is 9.18 Å². The van der Waals surface area contributed by atoms with Crippen molar-refractivity contribution >= 4 is 11.6 Å². The van der Waals surface area contributed by atoms with E-state index in [9.17, 15) is 9.18 Å². The molecule has 2 rings (SSSR count). The zero-order chi connectivity index (χ0) is 17.8. The Morgan fingerprint density at radius 3 is 2.67 bits per heavy atom. The fraction of sp³-hybridized carbons (Fsp3) is 0.444. The molecule has 0 aliphatic heterocycles. The van der Waals surface area contributed by atoms with Crippen molar-refractivity contribution in [2.75, 3.05) is 12.4 Å². The van der Waals surface area contributed by atoms with E-state index in [0.29, 0.717) is 11.7 Å². The minimum Gasteiger partial charge on any atom is -0.379 e. The SMILES string of the molecule is C=C(F)/C=C\C=C/C.CNC(=O)c1[nH]ncc1NC1CCCCC1. The van der Waals surface area contributed by atoms with E-state index in [0.717, 1.165) is 5.69 Å². The summed E-state index contributed by atoms with van der Waals surface area (Å²) < 4.78 is 11.7. The fourth-order valence-corrected chi connectivity index (χ4v) is 2.43. The molecule has 6 heteroatoms. The van der Waals surface area contributed by atoms with E-state index >= 15 is 0 Å². The van der Waals surface area contributed by atoms with Crippen LogP contribution in [-0.2, 0) is 0 Å². The maximum atomic E-state index is 11.7. The summed E-state index contributed by atoms with van der Waals surface area (Å²) in [4.78, 5) is 11.5. The molecule has 0 atom stereocenters. The van der Waals surface area contributed by atoms with Gasteiger partial charge in [0.1, 0.15) is 11.5 Å². The number of aromatic nitrogens is 2. The Hall–Kier alpha value is -2.37. The minimum atomic E-state index is -0.414. The van der Waals surface area contributed by atoms with Crippen molar-refractivity contribution in [3.05, 3.63) is 48.6 Å². The molecular formula is C18H27FN4O. The number of hydrogen-bond acceptors (Lipinski definition) is 3. The lowest BCUT2D eigenvalue weighted by Gasteiger charge is -2.23. The van der Waals surface area contributed by atoms with E-state index in [1.54, 1.807) is 25.4 Å². The summed E-state index contributed by atoms with van der Waals surface area (Å²) in [6.07, 6.45) is 14.4. The van der Waals surface area contributed by atoms with Crippen molar-refractivity contribution in [1.82, 2.24) is 15.5 Å². The van der Waals surface area contributed by atoms with Crippen LogP contribution in [0.1, 0.15) is 49.5 Å². The summed E-state index contributed by atoms with van der Waals surface area (Å²) in [5.74, 6) is -0.543. The molecule has 0 saturated heterocycles. The molecule has 1 aromatic heterocycles. The lowest BCUT2D eigenvalue weighted by molar-refractivity contribution is 0.0959. The molecule has 3 N–H and O–H groups in total. The third-order valence-corrected chi connectivity index (χ3v) is 3.64. The molecular weight excluding hydrogens is 307 g/mol. The van der Waals surface area contributed by atoms with Crippen LogP contribution in [0.15, 0.2) is 42.9 Å². The second-order valence-corrected chi connectivity index (χ2v) is 5.55. The average molecular weight is 334 g/mol. The van der Waals surface area contributed by atoms with Gasteiger partial charge < -0.3 is 10.6 Å². The first-order valence-electron chi connectivity index (χ1n) is 8.24. The Morgan fingerprint density at radius 2 is 2.08 bits per heavy atom. The maximum Gasteiger partial charge on any atom is 0.271 e. The van der Waals surface area contributed by atoms with E-state index in [-0.39, 0.29) is 5.91 Å². The first-order chi connectivity index (χ1) is 11.6. The molecule has 1 saturated carbocycles. The molecule has 5 nitrogen and oxygen atoms in total. The third-order valence-electron chi connectivity index (χ3n) is 3.64. The average Bonchev–Trinajstić information content (AvgIpc) is 3.04. The van der Waals surface area contributed by atoms with Crippen molar-refractivity contribution in [3.63, 3.8) is 0 Å². The number of amides is 1. The Morgan fingerprint density at radius 1 is 1.38 bits per heavy atom. The van der Waals surface area contributed by atoms with Crippen molar-refractivity contribution in [3.8, 4) is 0 Å². The van der Waals surface area contributed by atoms with Gasteiger partial charge in [-0.1, -0.05) is 44.1 Å². The van der Waals surface area contributed by atoms with Crippen LogP contribution in [0.3, 0.4) is 0 Å². The van der Waals surface area contributed by atoms with Crippen LogP contribution in [0, 0.1) is 0 Å². The van der Waals surface area contributed by atoms with Gasteiger partial charge in [-0.05, 0) is 25.8 Å². The number of carbonyl (C=O) groups is 1. The van der Waals surface area contributed by atoms with Gasteiger partial charge in [0.15, 0.2) is 0 Å². The largest absolute Gasteiger partial charge is 0.379 e. The van der Waals surface area contributed by atoms with Gasteiger partial charge in [0.25, 0.3) is 5.91 Å². The predicted octanol–water partition coefficient (Wildman–Crippen LogP) is 4.12. The van der Waals surface area contributed by atoms with Gasteiger partial charge in [0.2, 0.25) is 0 Å². The Bertz CT molecular complexity index is 571. The summed E-state index contributed by atoms with van der Waals surface area (Å²) in [5, 5.41) is 12.6. The van der Waals surface area contributed by atoms with Crippen molar-refractivity contribution in [2.45, 2.75) is 45.1 Å². The van der Waals surface area contributed by atoms with Crippen LogP contribution >= 0.6 is 0 Å². The van der Waals surface area contributed by atoms with Gasteiger partial charge in [-0.15, -0.1) is 0 Å². The second-order valence-electron chi connectivity index (χ2n) is 5.55. The number of hydrogen-bond donors (Lipinski definition) is 3. The quantitative estimate of drug-likeness (QED) is 0.710. The molecule has 1 fully saturated rings. The zero-order valence-electron chi connectivity index (χ0n) is 14.4. The highest BCUT2D eigenvalue weighted by atomic mass is 19.1. The van der Waals surface area contributed by atoms with Gasteiger partial charge >= 0.3 is 0 Å². The zero-order valence-corrected chi connectivity index (χ0v) is 14.4. The normalized spacial score (nSPS) is 15.1. The van der Waals surface area contributed by atoms with Gasteiger partial charge in [-0.3, -0.25) is 9.89 Å². The highest BCUT2D eigenvalue weighted by Gasteiger charge is 2.17. The van der Waals surface area contributed by atoms with E-state index in [4.69, 9.17) is 0 Å². The van der Waals surface area contributed by atoms with Crippen LogP contribution in [0.2, 0.25) is 0 Å². The van der Waals surface area contributed by atoms with Gasteiger partial charge in [0, 0.05) is 13.1 Å². The topological polar surface area (TPSA) is 69.8 Å².